The van der Waals surface area contributed by atoms with E-state index >= 15 is 0 Å². The molecule has 0 radical (unpaired) electrons. The van der Waals surface area contributed by atoms with Crippen LogP contribution >= 0.6 is 0 Å². The zero-order chi connectivity index (χ0) is 15.4. The Morgan fingerprint density at radius 3 is 2.73 bits per heavy atom. The summed E-state index contributed by atoms with van der Waals surface area (Å²) < 4.78 is 23.9. The van der Waals surface area contributed by atoms with Crippen LogP contribution in [0.1, 0.15) is 11.3 Å². The Bertz CT molecular complexity index is 749. The summed E-state index contributed by atoms with van der Waals surface area (Å²) in [6.45, 7) is 1.46. The highest BCUT2D eigenvalue weighted by Gasteiger charge is 2.08. The second-order valence-corrected chi connectivity index (χ2v) is 5.14. The van der Waals surface area contributed by atoms with Gasteiger partial charge in [0.15, 0.2) is 11.3 Å². The Hall–Kier alpha value is -2.33. The van der Waals surface area contributed by atoms with Crippen LogP contribution < -0.4 is 10.1 Å². The molecule has 0 saturated carbocycles. The molecule has 3 rings (SSSR count). The number of halogens is 1. The van der Waals surface area contributed by atoms with Gasteiger partial charge in [0.2, 0.25) is 0 Å². The molecular formula is C18H18FNO2. The van der Waals surface area contributed by atoms with Crippen molar-refractivity contribution in [2.24, 2.45) is 0 Å². The lowest BCUT2D eigenvalue weighted by Gasteiger charge is -2.03. The predicted molar refractivity (Wildman–Crippen MR) is 84.6 cm³/mol. The van der Waals surface area contributed by atoms with Gasteiger partial charge in [-0.2, -0.15) is 0 Å². The SMILES string of the molecule is COc1cccc2cc(CNCCc3ccc(F)cc3)oc12. The Morgan fingerprint density at radius 2 is 1.95 bits per heavy atom. The molecule has 1 aromatic heterocycles. The lowest BCUT2D eigenvalue weighted by atomic mass is 10.1. The lowest BCUT2D eigenvalue weighted by Crippen LogP contribution is -2.16. The van der Waals surface area contributed by atoms with Crippen LogP contribution in [0, 0.1) is 5.82 Å². The van der Waals surface area contributed by atoms with Crippen molar-refractivity contribution in [3.8, 4) is 5.75 Å². The maximum atomic E-state index is 12.8. The first-order chi connectivity index (χ1) is 10.8. The summed E-state index contributed by atoms with van der Waals surface area (Å²) in [5, 5.41) is 4.37. The molecule has 0 aliphatic rings. The van der Waals surface area contributed by atoms with Crippen molar-refractivity contribution in [1.82, 2.24) is 5.32 Å². The minimum atomic E-state index is -0.201. The molecule has 1 N–H and O–H groups in total. The Balaban J connectivity index is 1.56. The second kappa shape index (κ2) is 6.62. The molecule has 4 heteroatoms. The summed E-state index contributed by atoms with van der Waals surface area (Å²) in [5.41, 5.74) is 1.89. The molecule has 3 nitrogen and oxygen atoms in total. The van der Waals surface area contributed by atoms with Crippen LogP contribution in [0.2, 0.25) is 0 Å². The molecule has 3 aromatic rings. The summed E-state index contributed by atoms with van der Waals surface area (Å²) in [7, 11) is 1.64. The van der Waals surface area contributed by atoms with E-state index in [1.807, 2.05) is 36.4 Å². The maximum absolute atomic E-state index is 12.8. The zero-order valence-corrected chi connectivity index (χ0v) is 12.4. The number of benzene rings is 2. The molecule has 0 aliphatic carbocycles. The largest absolute Gasteiger partial charge is 0.493 e. The van der Waals surface area contributed by atoms with Crippen LogP contribution in [-0.4, -0.2) is 13.7 Å². The molecule has 114 valence electrons. The van der Waals surface area contributed by atoms with E-state index in [1.165, 1.54) is 12.1 Å². The predicted octanol–water partition coefficient (Wildman–Crippen LogP) is 3.91. The molecule has 0 aliphatic heterocycles. The number of methoxy groups -OCH3 is 1. The molecular weight excluding hydrogens is 281 g/mol. The fourth-order valence-corrected chi connectivity index (χ4v) is 2.43. The minimum Gasteiger partial charge on any atom is -0.493 e. The third-order valence-corrected chi connectivity index (χ3v) is 3.58. The van der Waals surface area contributed by atoms with E-state index in [2.05, 4.69) is 5.32 Å². The molecule has 0 atom stereocenters. The topological polar surface area (TPSA) is 34.4 Å². The van der Waals surface area contributed by atoms with Gasteiger partial charge in [0.1, 0.15) is 11.6 Å². The van der Waals surface area contributed by atoms with Gasteiger partial charge in [-0.25, -0.2) is 4.39 Å². The van der Waals surface area contributed by atoms with Gasteiger partial charge in [-0.05, 0) is 42.8 Å². The highest BCUT2D eigenvalue weighted by molar-refractivity contribution is 5.83. The Kier molecular flexibility index (Phi) is 4.39. The van der Waals surface area contributed by atoms with E-state index in [-0.39, 0.29) is 5.82 Å². The molecule has 0 bridgehead atoms. The van der Waals surface area contributed by atoms with Crippen LogP contribution in [0.4, 0.5) is 4.39 Å². The van der Waals surface area contributed by atoms with E-state index in [1.54, 1.807) is 7.11 Å². The van der Waals surface area contributed by atoms with Gasteiger partial charge in [0.25, 0.3) is 0 Å². The van der Waals surface area contributed by atoms with Crippen LogP contribution in [0.3, 0.4) is 0 Å². The first-order valence-corrected chi connectivity index (χ1v) is 7.27. The number of ether oxygens (including phenoxy) is 1. The van der Waals surface area contributed by atoms with Crippen molar-refractivity contribution in [3.63, 3.8) is 0 Å². The minimum absolute atomic E-state index is 0.201. The standard InChI is InChI=1S/C18H18FNO2/c1-21-17-4-2-3-14-11-16(22-18(14)17)12-20-10-9-13-5-7-15(19)8-6-13/h2-8,11,20H,9-10,12H2,1H3. The fraction of sp³-hybridized carbons (Fsp3) is 0.222. The number of hydrogen-bond acceptors (Lipinski definition) is 3. The Morgan fingerprint density at radius 1 is 1.14 bits per heavy atom. The van der Waals surface area contributed by atoms with Crippen molar-refractivity contribution < 1.29 is 13.5 Å². The molecule has 0 unspecified atom stereocenters. The van der Waals surface area contributed by atoms with Crippen molar-refractivity contribution in [3.05, 3.63) is 65.7 Å². The average molecular weight is 299 g/mol. The van der Waals surface area contributed by atoms with Gasteiger partial charge in [-0.15, -0.1) is 0 Å². The third-order valence-electron chi connectivity index (χ3n) is 3.58. The lowest BCUT2D eigenvalue weighted by molar-refractivity contribution is 0.406. The van der Waals surface area contributed by atoms with Gasteiger partial charge < -0.3 is 14.5 Å². The number of furan rings is 1. The summed E-state index contributed by atoms with van der Waals surface area (Å²) in [5.74, 6) is 1.42. The highest BCUT2D eigenvalue weighted by Crippen LogP contribution is 2.28. The molecule has 0 fully saturated rings. The molecule has 0 amide bonds. The van der Waals surface area contributed by atoms with Crippen molar-refractivity contribution in [2.75, 3.05) is 13.7 Å². The highest BCUT2D eigenvalue weighted by atomic mass is 19.1. The normalized spacial score (nSPS) is 11.0. The van der Waals surface area contributed by atoms with Gasteiger partial charge in [0, 0.05) is 5.39 Å². The van der Waals surface area contributed by atoms with Crippen LogP contribution in [0.25, 0.3) is 11.0 Å². The van der Waals surface area contributed by atoms with Gasteiger partial charge in [0.05, 0.1) is 13.7 Å². The van der Waals surface area contributed by atoms with Crippen molar-refractivity contribution in [1.29, 1.82) is 0 Å². The van der Waals surface area contributed by atoms with E-state index in [9.17, 15) is 4.39 Å². The summed E-state index contributed by atoms with van der Waals surface area (Å²) in [6, 6.07) is 14.4. The Labute approximate surface area is 128 Å². The quantitative estimate of drug-likeness (QED) is 0.701. The van der Waals surface area contributed by atoms with E-state index in [4.69, 9.17) is 9.15 Å². The zero-order valence-electron chi connectivity index (χ0n) is 12.4. The van der Waals surface area contributed by atoms with E-state index in [0.29, 0.717) is 6.54 Å². The summed E-state index contributed by atoms with van der Waals surface area (Å²) in [6.07, 6.45) is 0.851. The fourth-order valence-electron chi connectivity index (χ4n) is 2.43. The summed E-state index contributed by atoms with van der Waals surface area (Å²) in [4.78, 5) is 0. The summed E-state index contributed by atoms with van der Waals surface area (Å²) >= 11 is 0. The number of fused-ring (bicyclic) bond motifs is 1. The first kappa shape index (κ1) is 14.6. The number of hydrogen-bond donors (Lipinski definition) is 1. The number of nitrogens with one attached hydrogen (secondary N) is 1. The van der Waals surface area contributed by atoms with Gasteiger partial charge in [-0.1, -0.05) is 24.3 Å². The van der Waals surface area contributed by atoms with Gasteiger partial charge >= 0.3 is 0 Å². The third kappa shape index (κ3) is 3.28. The molecule has 22 heavy (non-hydrogen) atoms. The van der Waals surface area contributed by atoms with Crippen LogP contribution in [0.15, 0.2) is 52.9 Å². The molecule has 2 aromatic carbocycles. The van der Waals surface area contributed by atoms with Crippen LogP contribution in [-0.2, 0) is 13.0 Å². The average Bonchev–Trinajstić information content (AvgIpc) is 2.96. The van der Waals surface area contributed by atoms with Crippen molar-refractivity contribution in [2.45, 2.75) is 13.0 Å². The van der Waals surface area contributed by atoms with Gasteiger partial charge in [-0.3, -0.25) is 0 Å². The van der Waals surface area contributed by atoms with Crippen LogP contribution in [0.5, 0.6) is 5.75 Å². The smallest absolute Gasteiger partial charge is 0.176 e. The first-order valence-electron chi connectivity index (χ1n) is 7.27. The number of para-hydroxylation sites is 1. The van der Waals surface area contributed by atoms with Crippen molar-refractivity contribution >= 4 is 11.0 Å². The monoisotopic (exact) mass is 299 g/mol. The number of rotatable bonds is 6. The van der Waals surface area contributed by atoms with E-state index in [0.717, 1.165) is 41.0 Å². The molecule has 0 spiro atoms. The molecule has 1 heterocycles. The maximum Gasteiger partial charge on any atom is 0.176 e. The second-order valence-electron chi connectivity index (χ2n) is 5.14. The molecule has 0 saturated heterocycles. The van der Waals surface area contributed by atoms with E-state index < -0.39 is 0 Å².